The van der Waals surface area contributed by atoms with E-state index in [4.69, 9.17) is 0 Å². The van der Waals surface area contributed by atoms with E-state index in [1.54, 1.807) is 0 Å². The summed E-state index contributed by atoms with van der Waals surface area (Å²) in [5.41, 5.74) is 2.78. The van der Waals surface area contributed by atoms with Crippen molar-refractivity contribution in [2.24, 2.45) is 0 Å². The van der Waals surface area contributed by atoms with Crippen molar-refractivity contribution in [2.45, 2.75) is 64.5 Å². The van der Waals surface area contributed by atoms with Crippen molar-refractivity contribution in [1.82, 2.24) is 5.32 Å². The Bertz CT molecular complexity index is 337. The van der Waals surface area contributed by atoms with Crippen LogP contribution in [0.2, 0.25) is 0 Å². The SMILES string of the molecule is Cc1cccc(C(C)NC2CCCCCC2)c1. The molecule has 1 atom stereocenters. The van der Waals surface area contributed by atoms with E-state index in [0.29, 0.717) is 6.04 Å². The molecule has 0 bridgehead atoms. The molecule has 1 unspecified atom stereocenters. The van der Waals surface area contributed by atoms with Gasteiger partial charge in [0.05, 0.1) is 0 Å². The molecule has 1 saturated carbocycles. The normalized spacial score (nSPS) is 19.9. The van der Waals surface area contributed by atoms with Crippen LogP contribution in [0.4, 0.5) is 0 Å². The largest absolute Gasteiger partial charge is 0.307 e. The summed E-state index contributed by atoms with van der Waals surface area (Å²) in [7, 11) is 0. The van der Waals surface area contributed by atoms with Crippen LogP contribution in [0.25, 0.3) is 0 Å². The molecule has 1 heteroatoms. The van der Waals surface area contributed by atoms with Crippen LogP contribution >= 0.6 is 0 Å². The molecule has 0 heterocycles. The Labute approximate surface area is 106 Å². The zero-order valence-electron chi connectivity index (χ0n) is 11.2. The van der Waals surface area contributed by atoms with Gasteiger partial charge in [-0.1, -0.05) is 55.5 Å². The Morgan fingerprint density at radius 1 is 1.12 bits per heavy atom. The minimum absolute atomic E-state index is 0.484. The number of aryl methyl sites for hydroxylation is 1. The van der Waals surface area contributed by atoms with E-state index in [1.165, 1.54) is 49.7 Å². The number of hydrogen-bond acceptors (Lipinski definition) is 1. The van der Waals surface area contributed by atoms with Gasteiger partial charge in [-0.2, -0.15) is 0 Å². The average Bonchev–Trinajstić information content (AvgIpc) is 2.57. The maximum Gasteiger partial charge on any atom is 0.0294 e. The zero-order valence-corrected chi connectivity index (χ0v) is 11.2. The standard InChI is InChI=1S/C16H25N/c1-13-8-7-9-15(12-13)14(2)17-16-10-5-3-4-6-11-16/h7-9,12,14,16-17H,3-6,10-11H2,1-2H3. The van der Waals surface area contributed by atoms with E-state index in [0.717, 1.165) is 6.04 Å². The second-order valence-electron chi connectivity index (χ2n) is 5.49. The molecule has 1 aromatic carbocycles. The molecule has 17 heavy (non-hydrogen) atoms. The lowest BCUT2D eigenvalue weighted by Crippen LogP contribution is -2.31. The molecule has 0 aliphatic heterocycles. The minimum atomic E-state index is 0.484. The van der Waals surface area contributed by atoms with E-state index < -0.39 is 0 Å². The molecule has 0 spiro atoms. The van der Waals surface area contributed by atoms with Crippen molar-refractivity contribution in [1.29, 1.82) is 0 Å². The summed E-state index contributed by atoms with van der Waals surface area (Å²) >= 11 is 0. The molecule has 1 nitrogen and oxygen atoms in total. The third-order valence-corrected chi connectivity index (χ3v) is 3.88. The predicted octanol–water partition coefficient (Wildman–Crippen LogP) is 4.37. The molecule has 0 radical (unpaired) electrons. The molecule has 1 aliphatic rings. The summed E-state index contributed by atoms with van der Waals surface area (Å²) in [6, 6.07) is 10.1. The van der Waals surface area contributed by atoms with Gasteiger partial charge >= 0.3 is 0 Å². The van der Waals surface area contributed by atoms with E-state index in [-0.39, 0.29) is 0 Å². The Balaban J connectivity index is 1.93. The van der Waals surface area contributed by atoms with Crippen molar-refractivity contribution in [3.05, 3.63) is 35.4 Å². The van der Waals surface area contributed by atoms with Gasteiger partial charge in [0.1, 0.15) is 0 Å². The van der Waals surface area contributed by atoms with Gasteiger partial charge in [0.25, 0.3) is 0 Å². The highest BCUT2D eigenvalue weighted by atomic mass is 14.9. The van der Waals surface area contributed by atoms with Gasteiger partial charge in [0, 0.05) is 12.1 Å². The van der Waals surface area contributed by atoms with Crippen molar-refractivity contribution < 1.29 is 0 Å². The van der Waals surface area contributed by atoms with Gasteiger partial charge in [-0.15, -0.1) is 0 Å². The highest BCUT2D eigenvalue weighted by molar-refractivity contribution is 5.24. The van der Waals surface area contributed by atoms with Gasteiger partial charge < -0.3 is 5.32 Å². The van der Waals surface area contributed by atoms with E-state index in [9.17, 15) is 0 Å². The van der Waals surface area contributed by atoms with Crippen LogP contribution in [0.15, 0.2) is 24.3 Å². The quantitative estimate of drug-likeness (QED) is 0.762. The number of hydrogen-bond donors (Lipinski definition) is 1. The van der Waals surface area contributed by atoms with Gasteiger partial charge in [-0.25, -0.2) is 0 Å². The summed E-state index contributed by atoms with van der Waals surface area (Å²) in [6.07, 6.45) is 8.37. The summed E-state index contributed by atoms with van der Waals surface area (Å²) in [4.78, 5) is 0. The second-order valence-corrected chi connectivity index (χ2v) is 5.49. The smallest absolute Gasteiger partial charge is 0.0294 e. The molecule has 1 aliphatic carbocycles. The summed E-state index contributed by atoms with van der Waals surface area (Å²) in [5, 5.41) is 3.80. The number of benzene rings is 1. The first-order valence-electron chi connectivity index (χ1n) is 7.08. The monoisotopic (exact) mass is 231 g/mol. The number of nitrogens with one attached hydrogen (secondary N) is 1. The molecular formula is C16H25N. The van der Waals surface area contributed by atoms with Crippen LogP contribution in [0.3, 0.4) is 0 Å². The average molecular weight is 231 g/mol. The maximum atomic E-state index is 3.80. The van der Waals surface area contributed by atoms with E-state index in [2.05, 4.69) is 43.4 Å². The molecule has 1 fully saturated rings. The lowest BCUT2D eigenvalue weighted by atomic mass is 10.0. The van der Waals surface area contributed by atoms with Gasteiger partial charge in [-0.3, -0.25) is 0 Å². The molecule has 0 amide bonds. The van der Waals surface area contributed by atoms with Crippen molar-refractivity contribution in [3.63, 3.8) is 0 Å². The maximum absolute atomic E-state index is 3.80. The van der Waals surface area contributed by atoms with Crippen LogP contribution in [0.1, 0.15) is 62.6 Å². The highest BCUT2D eigenvalue weighted by Gasteiger charge is 2.15. The first kappa shape index (κ1) is 12.6. The first-order valence-corrected chi connectivity index (χ1v) is 7.08. The Kier molecular flexibility index (Phi) is 4.61. The molecule has 1 aromatic rings. The van der Waals surface area contributed by atoms with Crippen molar-refractivity contribution in [3.8, 4) is 0 Å². The van der Waals surface area contributed by atoms with Crippen LogP contribution in [0, 0.1) is 6.92 Å². The third-order valence-electron chi connectivity index (χ3n) is 3.88. The zero-order chi connectivity index (χ0) is 12.1. The van der Waals surface area contributed by atoms with Crippen LogP contribution in [0.5, 0.6) is 0 Å². The fourth-order valence-electron chi connectivity index (χ4n) is 2.84. The van der Waals surface area contributed by atoms with Gasteiger partial charge in [0.2, 0.25) is 0 Å². The fraction of sp³-hybridized carbons (Fsp3) is 0.625. The Hall–Kier alpha value is -0.820. The molecule has 2 rings (SSSR count). The molecule has 0 saturated heterocycles. The lowest BCUT2D eigenvalue weighted by Gasteiger charge is -2.22. The minimum Gasteiger partial charge on any atom is -0.307 e. The Morgan fingerprint density at radius 2 is 1.82 bits per heavy atom. The lowest BCUT2D eigenvalue weighted by molar-refractivity contribution is 0.414. The molecule has 0 aromatic heterocycles. The Morgan fingerprint density at radius 3 is 2.47 bits per heavy atom. The summed E-state index contributed by atoms with van der Waals surface area (Å²) < 4.78 is 0. The van der Waals surface area contributed by atoms with Gasteiger partial charge in [0.15, 0.2) is 0 Å². The third kappa shape index (κ3) is 3.85. The molecule has 94 valence electrons. The van der Waals surface area contributed by atoms with Crippen molar-refractivity contribution in [2.75, 3.05) is 0 Å². The predicted molar refractivity (Wildman–Crippen MR) is 74.2 cm³/mol. The van der Waals surface area contributed by atoms with E-state index >= 15 is 0 Å². The highest BCUT2D eigenvalue weighted by Crippen LogP contribution is 2.21. The molecule has 1 N–H and O–H groups in total. The summed E-state index contributed by atoms with van der Waals surface area (Å²) in [6.45, 7) is 4.46. The summed E-state index contributed by atoms with van der Waals surface area (Å²) in [5.74, 6) is 0. The number of rotatable bonds is 3. The van der Waals surface area contributed by atoms with Crippen molar-refractivity contribution >= 4 is 0 Å². The fourth-order valence-corrected chi connectivity index (χ4v) is 2.84. The van der Waals surface area contributed by atoms with Crippen LogP contribution in [-0.4, -0.2) is 6.04 Å². The van der Waals surface area contributed by atoms with Gasteiger partial charge in [-0.05, 0) is 32.3 Å². The molecular weight excluding hydrogens is 206 g/mol. The second kappa shape index (κ2) is 6.20. The van der Waals surface area contributed by atoms with E-state index in [1.807, 2.05) is 0 Å². The van der Waals surface area contributed by atoms with Crippen LogP contribution in [-0.2, 0) is 0 Å². The first-order chi connectivity index (χ1) is 8.25. The van der Waals surface area contributed by atoms with Crippen LogP contribution < -0.4 is 5.32 Å². The topological polar surface area (TPSA) is 12.0 Å².